The molecule has 35 valence electrons. The van der Waals surface area contributed by atoms with Gasteiger partial charge >= 0.3 is 0 Å². The van der Waals surface area contributed by atoms with Crippen molar-refractivity contribution >= 4 is 0 Å². The molecule has 0 atom stereocenters. The largest absolute Gasteiger partial charge is 0.361 e. The number of aromatic amines is 1. The van der Waals surface area contributed by atoms with Gasteiger partial charge in [-0.25, -0.2) is 0 Å². The van der Waals surface area contributed by atoms with Gasteiger partial charge in [0.05, 0.1) is 0 Å². The number of nitrogens with one attached hydrogen (secondary N) is 1. The Kier molecular flexibility index (Phi) is 0.984. The fourth-order valence-electron chi connectivity index (χ4n) is 0.440. The first kappa shape index (κ1) is 4.19. The van der Waals surface area contributed by atoms with Crippen LogP contribution < -0.4 is 0 Å². The van der Waals surface area contributed by atoms with Crippen LogP contribution in [-0.2, 0) is 0 Å². The normalized spacial score (nSPS) is 8.57. The molecule has 1 aromatic heterocycles. The molecule has 0 amide bonds. The van der Waals surface area contributed by atoms with Crippen molar-refractivity contribution in [1.29, 1.82) is 0 Å². The molecule has 1 heterocycles. The standard InChI is InChI=1S/C6H6N/c1-2-6-4-3-5-7-6/h3-5,7H,1H2. The number of hydrogen-bond acceptors (Lipinski definition) is 0. The van der Waals surface area contributed by atoms with Gasteiger partial charge in [-0.3, -0.25) is 0 Å². The maximum atomic E-state index is 3.45. The van der Waals surface area contributed by atoms with Crippen molar-refractivity contribution in [3.05, 3.63) is 36.7 Å². The first-order valence-electron chi connectivity index (χ1n) is 2.10. The van der Waals surface area contributed by atoms with E-state index >= 15 is 0 Å². The molecule has 0 aliphatic heterocycles. The molecule has 0 saturated carbocycles. The lowest BCUT2D eigenvalue weighted by Crippen LogP contribution is -1.64. The minimum Gasteiger partial charge on any atom is -0.361 e. The minimum atomic E-state index is 0.944. The van der Waals surface area contributed by atoms with Crippen molar-refractivity contribution in [1.82, 2.24) is 4.98 Å². The zero-order chi connectivity index (χ0) is 5.11. The smallest absolute Gasteiger partial charge is 0.0454 e. The molecule has 1 rings (SSSR count). The molecule has 0 aliphatic carbocycles. The van der Waals surface area contributed by atoms with Crippen molar-refractivity contribution < 1.29 is 0 Å². The van der Waals surface area contributed by atoms with Gasteiger partial charge in [0.15, 0.2) is 0 Å². The van der Waals surface area contributed by atoms with Crippen LogP contribution in [0, 0.1) is 6.08 Å². The van der Waals surface area contributed by atoms with Gasteiger partial charge in [-0.15, -0.1) is 0 Å². The van der Waals surface area contributed by atoms with Crippen LogP contribution in [0.15, 0.2) is 24.9 Å². The van der Waals surface area contributed by atoms with E-state index in [2.05, 4.69) is 17.6 Å². The van der Waals surface area contributed by atoms with Crippen LogP contribution in [0.2, 0.25) is 0 Å². The molecule has 0 fully saturated rings. The Morgan fingerprint density at radius 1 is 1.71 bits per heavy atom. The monoisotopic (exact) mass is 92.1 g/mol. The highest BCUT2D eigenvalue weighted by atomic mass is 14.7. The molecule has 0 bridgehead atoms. The molecular weight excluding hydrogens is 86.1 g/mol. The predicted octanol–water partition coefficient (Wildman–Crippen LogP) is 1.35. The van der Waals surface area contributed by atoms with Gasteiger partial charge in [0.25, 0.3) is 0 Å². The van der Waals surface area contributed by atoms with E-state index in [1.54, 1.807) is 0 Å². The first-order valence-corrected chi connectivity index (χ1v) is 2.10. The van der Waals surface area contributed by atoms with E-state index in [4.69, 9.17) is 0 Å². The molecule has 1 aromatic rings. The molecule has 0 aliphatic rings. The summed E-state index contributed by atoms with van der Waals surface area (Å²) in [5.41, 5.74) is 0.944. The highest BCUT2D eigenvalue weighted by molar-refractivity contribution is 5.09. The fraction of sp³-hybridized carbons (Fsp3) is 0. The molecule has 0 aromatic carbocycles. The Bertz CT molecular complexity index is 139. The van der Waals surface area contributed by atoms with Gasteiger partial charge in [0, 0.05) is 11.9 Å². The lowest BCUT2D eigenvalue weighted by atomic mass is 10.4. The van der Waals surface area contributed by atoms with Gasteiger partial charge < -0.3 is 4.98 Å². The molecule has 1 radical (unpaired) electrons. The lowest BCUT2D eigenvalue weighted by Gasteiger charge is -1.73. The van der Waals surface area contributed by atoms with E-state index in [9.17, 15) is 0 Å². The van der Waals surface area contributed by atoms with E-state index in [1.807, 2.05) is 18.3 Å². The summed E-state index contributed by atoms with van der Waals surface area (Å²) < 4.78 is 0. The van der Waals surface area contributed by atoms with Gasteiger partial charge in [-0.05, 0) is 18.2 Å². The topological polar surface area (TPSA) is 15.8 Å². The van der Waals surface area contributed by atoms with Gasteiger partial charge in [0.1, 0.15) is 0 Å². The Balaban J connectivity index is 2.96. The summed E-state index contributed by atoms with van der Waals surface area (Å²) in [6.45, 7) is 3.45. The van der Waals surface area contributed by atoms with Crippen molar-refractivity contribution in [2.24, 2.45) is 0 Å². The summed E-state index contributed by atoms with van der Waals surface area (Å²) in [5.74, 6) is 0. The number of hydrogen-bond donors (Lipinski definition) is 1. The minimum absolute atomic E-state index is 0.944. The third kappa shape index (κ3) is 0.712. The Labute approximate surface area is 42.7 Å². The third-order valence-corrected chi connectivity index (χ3v) is 0.788. The zero-order valence-electron chi connectivity index (χ0n) is 3.94. The highest BCUT2D eigenvalue weighted by Crippen LogP contribution is 1.89. The van der Waals surface area contributed by atoms with Crippen molar-refractivity contribution in [2.75, 3.05) is 0 Å². The van der Waals surface area contributed by atoms with Crippen LogP contribution in [0.5, 0.6) is 0 Å². The summed E-state index contributed by atoms with van der Waals surface area (Å²) >= 11 is 0. The predicted molar refractivity (Wildman–Crippen MR) is 28.8 cm³/mol. The summed E-state index contributed by atoms with van der Waals surface area (Å²) in [6.07, 6.45) is 4.54. The van der Waals surface area contributed by atoms with Crippen molar-refractivity contribution in [3.63, 3.8) is 0 Å². The number of aromatic nitrogens is 1. The van der Waals surface area contributed by atoms with Gasteiger partial charge in [0.2, 0.25) is 0 Å². The van der Waals surface area contributed by atoms with Crippen LogP contribution in [0.4, 0.5) is 0 Å². The van der Waals surface area contributed by atoms with Crippen LogP contribution in [0.3, 0.4) is 0 Å². The van der Waals surface area contributed by atoms with Crippen molar-refractivity contribution in [3.8, 4) is 0 Å². The summed E-state index contributed by atoms with van der Waals surface area (Å²) in [7, 11) is 0. The Hall–Kier alpha value is -0.980. The maximum absolute atomic E-state index is 3.45. The Morgan fingerprint density at radius 3 is 2.86 bits per heavy atom. The number of rotatable bonds is 1. The van der Waals surface area contributed by atoms with E-state index in [-0.39, 0.29) is 0 Å². The quantitative estimate of drug-likeness (QED) is 0.538. The van der Waals surface area contributed by atoms with E-state index in [0.29, 0.717) is 0 Å². The molecule has 1 heteroatoms. The second kappa shape index (κ2) is 1.65. The summed E-state index contributed by atoms with van der Waals surface area (Å²) in [5, 5.41) is 0. The number of H-pyrrole nitrogens is 1. The SMILES string of the molecule is C=[C]c1ccc[nH]1. The second-order valence-corrected chi connectivity index (χ2v) is 1.26. The maximum Gasteiger partial charge on any atom is 0.0454 e. The van der Waals surface area contributed by atoms with Crippen LogP contribution >= 0.6 is 0 Å². The van der Waals surface area contributed by atoms with Gasteiger partial charge in [-0.2, -0.15) is 0 Å². The fourth-order valence-corrected chi connectivity index (χ4v) is 0.440. The molecule has 1 nitrogen and oxygen atoms in total. The van der Waals surface area contributed by atoms with Crippen LogP contribution in [-0.4, -0.2) is 4.98 Å². The molecule has 1 N–H and O–H groups in total. The first-order chi connectivity index (χ1) is 3.43. The van der Waals surface area contributed by atoms with Gasteiger partial charge in [-0.1, -0.05) is 6.58 Å². The van der Waals surface area contributed by atoms with Crippen LogP contribution in [0.25, 0.3) is 0 Å². The third-order valence-electron chi connectivity index (χ3n) is 0.788. The molecule has 0 unspecified atom stereocenters. The average Bonchev–Trinajstić information content (AvgIpc) is 2.14. The summed E-state index contributed by atoms with van der Waals surface area (Å²) in [4.78, 5) is 2.91. The molecular formula is C6H6N. The molecule has 7 heavy (non-hydrogen) atoms. The molecule has 0 saturated heterocycles. The lowest BCUT2D eigenvalue weighted by molar-refractivity contribution is 1.33. The summed E-state index contributed by atoms with van der Waals surface area (Å²) in [6, 6.07) is 3.82. The second-order valence-electron chi connectivity index (χ2n) is 1.26. The van der Waals surface area contributed by atoms with Crippen LogP contribution in [0.1, 0.15) is 5.69 Å². The van der Waals surface area contributed by atoms with E-state index in [0.717, 1.165) is 5.69 Å². The van der Waals surface area contributed by atoms with E-state index < -0.39 is 0 Å². The van der Waals surface area contributed by atoms with Crippen molar-refractivity contribution in [2.45, 2.75) is 0 Å². The van der Waals surface area contributed by atoms with E-state index in [1.165, 1.54) is 0 Å². The molecule has 0 spiro atoms. The average molecular weight is 92.1 g/mol. The highest BCUT2D eigenvalue weighted by Gasteiger charge is 1.77. The Morgan fingerprint density at radius 2 is 2.57 bits per heavy atom. The zero-order valence-corrected chi connectivity index (χ0v) is 3.94.